The predicted molar refractivity (Wildman–Crippen MR) is 155 cm³/mol. The van der Waals surface area contributed by atoms with Crippen molar-refractivity contribution >= 4 is 36.4 Å². The fraction of sp³-hybridized carbons (Fsp3) is 0.444. The minimum absolute atomic E-state index is 0.0764. The molecule has 12 heteroatoms. The Bertz CT molecular complexity index is 992. The van der Waals surface area contributed by atoms with E-state index in [-0.39, 0.29) is 25.3 Å². The number of hydrogen-bond donors (Lipinski definition) is 6. The molecule has 0 saturated carbocycles. The Hall–Kier alpha value is -3.29. The normalized spacial score (nSPS) is 12.1. The fourth-order valence-corrected chi connectivity index (χ4v) is 3.60. The van der Waals surface area contributed by atoms with Crippen molar-refractivity contribution in [2.24, 2.45) is 17.2 Å². The van der Waals surface area contributed by atoms with Gasteiger partial charge in [0, 0.05) is 45.3 Å². The van der Waals surface area contributed by atoms with Crippen molar-refractivity contribution in [1.29, 1.82) is 0 Å². The van der Waals surface area contributed by atoms with E-state index in [1.807, 2.05) is 31.3 Å². The maximum atomic E-state index is 11.8. The summed E-state index contributed by atoms with van der Waals surface area (Å²) in [6, 6.07) is 15.5. The molecule has 0 fully saturated rings. The van der Waals surface area contributed by atoms with Crippen LogP contribution in [-0.2, 0) is 32.1 Å². The van der Waals surface area contributed by atoms with E-state index >= 15 is 0 Å². The number of aldehydes is 1. The van der Waals surface area contributed by atoms with Crippen LogP contribution in [0.15, 0.2) is 48.5 Å². The van der Waals surface area contributed by atoms with Gasteiger partial charge in [0.1, 0.15) is 6.29 Å². The van der Waals surface area contributed by atoms with Gasteiger partial charge < -0.3 is 47.2 Å². The largest absolute Gasteiger partial charge is 0.491 e. The molecule has 2 aromatic carbocycles. The molecule has 2 amide bonds. The number of fused-ring (bicyclic) bond motifs is 1. The minimum Gasteiger partial charge on any atom is -0.423 e. The molecule has 0 radical (unpaired) electrons. The van der Waals surface area contributed by atoms with Crippen LogP contribution in [0.5, 0.6) is 0 Å². The number of nitrogens with one attached hydrogen (secondary N) is 2. The zero-order valence-corrected chi connectivity index (χ0v) is 23.0. The molecule has 1 atom stereocenters. The van der Waals surface area contributed by atoms with Crippen molar-refractivity contribution in [3.63, 3.8) is 0 Å². The zero-order chi connectivity index (χ0) is 29.0. The third kappa shape index (κ3) is 12.9. The van der Waals surface area contributed by atoms with Crippen LogP contribution in [0.1, 0.15) is 30.9 Å². The second-order valence-electron chi connectivity index (χ2n) is 8.68. The Morgan fingerprint density at radius 3 is 2.36 bits per heavy atom. The lowest BCUT2D eigenvalue weighted by atomic mass is 9.79. The highest BCUT2D eigenvalue weighted by Gasteiger charge is 2.26. The number of aryl methyl sites for hydroxylation is 1. The molecule has 3 rings (SSSR count). The van der Waals surface area contributed by atoms with Crippen LogP contribution < -0.4 is 33.3 Å². The number of nitrogens with zero attached hydrogens (tertiary/aromatic N) is 1. The molecular formula is C27H43BN6O5. The molecule has 0 aromatic heterocycles. The van der Waals surface area contributed by atoms with Crippen LogP contribution >= 0.6 is 0 Å². The molecule has 1 aliphatic heterocycles. The first-order chi connectivity index (χ1) is 18.8. The Kier molecular flexibility index (Phi) is 17.1. The molecule has 0 saturated heterocycles. The van der Waals surface area contributed by atoms with Crippen LogP contribution in [0.25, 0.3) is 0 Å². The summed E-state index contributed by atoms with van der Waals surface area (Å²) in [4.78, 5) is 34.9. The summed E-state index contributed by atoms with van der Waals surface area (Å²) in [6.45, 7) is 4.18. The van der Waals surface area contributed by atoms with Gasteiger partial charge in [-0.1, -0.05) is 43.3 Å². The van der Waals surface area contributed by atoms with Crippen molar-refractivity contribution < 1.29 is 24.1 Å². The van der Waals surface area contributed by atoms with Gasteiger partial charge in [-0.15, -0.1) is 0 Å². The van der Waals surface area contributed by atoms with E-state index in [4.69, 9.17) is 21.9 Å². The average Bonchev–Trinajstić information content (AvgIpc) is 3.34. The van der Waals surface area contributed by atoms with E-state index < -0.39 is 19.1 Å². The number of carbonyl (C=O) groups excluding carboxylic acids is 3. The highest BCUT2D eigenvalue weighted by Crippen LogP contribution is 2.13. The van der Waals surface area contributed by atoms with Crippen molar-refractivity contribution in [2.75, 3.05) is 45.1 Å². The van der Waals surface area contributed by atoms with Crippen LogP contribution in [0, 0.1) is 0 Å². The zero-order valence-electron chi connectivity index (χ0n) is 23.0. The van der Waals surface area contributed by atoms with Crippen molar-refractivity contribution in [3.05, 3.63) is 59.7 Å². The van der Waals surface area contributed by atoms with Gasteiger partial charge in [-0.3, -0.25) is 9.59 Å². The SMILES string of the molecule is CCc1ccccc1.CNc1ccc2c(c1)B(O)OC2.NCCN(CCN)C(=O)CCC(N)C(=O)NCC=O. The summed E-state index contributed by atoms with van der Waals surface area (Å²) in [5, 5.41) is 14.7. The van der Waals surface area contributed by atoms with Gasteiger partial charge in [-0.2, -0.15) is 0 Å². The van der Waals surface area contributed by atoms with E-state index in [2.05, 4.69) is 41.8 Å². The third-order valence-corrected chi connectivity index (χ3v) is 5.86. The highest BCUT2D eigenvalue weighted by molar-refractivity contribution is 6.61. The molecule has 0 bridgehead atoms. The van der Waals surface area contributed by atoms with E-state index in [1.165, 1.54) is 5.56 Å². The predicted octanol–water partition coefficient (Wildman–Crippen LogP) is -0.650. The quantitative estimate of drug-likeness (QED) is 0.150. The first-order valence-electron chi connectivity index (χ1n) is 13.1. The van der Waals surface area contributed by atoms with Gasteiger partial charge in [0.05, 0.1) is 19.2 Å². The van der Waals surface area contributed by atoms with E-state index in [0.29, 0.717) is 39.1 Å². The van der Waals surface area contributed by atoms with Crippen LogP contribution in [-0.4, -0.2) is 81.0 Å². The molecule has 1 aliphatic rings. The molecule has 9 N–H and O–H groups in total. The summed E-state index contributed by atoms with van der Waals surface area (Å²) in [6.07, 6.45) is 2.08. The Morgan fingerprint density at radius 1 is 1.15 bits per heavy atom. The van der Waals surface area contributed by atoms with Crippen LogP contribution in [0.2, 0.25) is 0 Å². The molecule has 1 heterocycles. The summed E-state index contributed by atoms with van der Waals surface area (Å²) in [5.74, 6) is -0.571. The third-order valence-electron chi connectivity index (χ3n) is 5.86. The number of rotatable bonds is 12. The van der Waals surface area contributed by atoms with E-state index in [9.17, 15) is 19.4 Å². The number of carbonyl (C=O) groups is 3. The Labute approximate surface area is 231 Å². The Balaban J connectivity index is 0.000000320. The van der Waals surface area contributed by atoms with Crippen molar-refractivity contribution in [2.45, 2.75) is 38.8 Å². The van der Waals surface area contributed by atoms with Crippen LogP contribution in [0.4, 0.5) is 5.69 Å². The molecule has 2 aromatic rings. The topological polar surface area (TPSA) is 186 Å². The van der Waals surface area contributed by atoms with Gasteiger partial charge in [-0.25, -0.2) is 0 Å². The van der Waals surface area contributed by atoms with Gasteiger partial charge >= 0.3 is 7.12 Å². The van der Waals surface area contributed by atoms with Gasteiger partial charge in [0.2, 0.25) is 11.8 Å². The smallest absolute Gasteiger partial charge is 0.423 e. The van der Waals surface area contributed by atoms with Crippen molar-refractivity contribution in [3.8, 4) is 0 Å². The summed E-state index contributed by atoms with van der Waals surface area (Å²) >= 11 is 0. The summed E-state index contributed by atoms with van der Waals surface area (Å²) < 4.78 is 5.05. The molecule has 0 aliphatic carbocycles. The van der Waals surface area contributed by atoms with Gasteiger partial charge in [0.15, 0.2) is 0 Å². The van der Waals surface area contributed by atoms with E-state index in [1.54, 1.807) is 4.90 Å². The standard InChI is InChI=1S/C11H23N5O3.C8H10BNO2.C8H10/c12-3-6-16(7-4-13)10(18)2-1-9(14)11(19)15-5-8-17;1-10-7-3-2-6-5-12-9(11)8(6)4-7;1-2-8-6-4-3-5-7-8/h8-9H,1-7,12-14H2,(H,15,19);2-4,10-11H,5H2,1H3;3-7H,2H2,1H3. The first-order valence-corrected chi connectivity index (χ1v) is 13.1. The number of amides is 2. The second kappa shape index (κ2) is 19.7. The molecule has 0 spiro atoms. The molecule has 39 heavy (non-hydrogen) atoms. The number of anilines is 1. The minimum atomic E-state index is -0.804. The lowest BCUT2D eigenvalue weighted by Gasteiger charge is -2.21. The van der Waals surface area contributed by atoms with Gasteiger partial charge in [-0.05, 0) is 41.6 Å². The monoisotopic (exact) mass is 542 g/mol. The summed E-state index contributed by atoms with van der Waals surface area (Å²) in [7, 11) is 1.11. The molecule has 214 valence electrons. The lowest BCUT2D eigenvalue weighted by Crippen LogP contribution is -2.43. The first kappa shape index (κ1) is 33.7. The fourth-order valence-electron chi connectivity index (χ4n) is 3.60. The average molecular weight is 542 g/mol. The summed E-state index contributed by atoms with van der Waals surface area (Å²) in [5.41, 5.74) is 20.8. The Morgan fingerprint density at radius 2 is 1.82 bits per heavy atom. The van der Waals surface area contributed by atoms with E-state index in [0.717, 1.165) is 23.1 Å². The molecule has 1 unspecified atom stereocenters. The van der Waals surface area contributed by atoms with Crippen molar-refractivity contribution in [1.82, 2.24) is 10.2 Å². The molecule has 11 nitrogen and oxygen atoms in total. The maximum absolute atomic E-state index is 11.8. The molecular weight excluding hydrogens is 499 g/mol. The van der Waals surface area contributed by atoms with Gasteiger partial charge in [0.25, 0.3) is 0 Å². The number of hydrogen-bond acceptors (Lipinski definition) is 9. The number of nitrogens with two attached hydrogens (primary N) is 3. The number of benzene rings is 2. The lowest BCUT2D eigenvalue weighted by molar-refractivity contribution is -0.131. The maximum Gasteiger partial charge on any atom is 0.491 e. The highest BCUT2D eigenvalue weighted by atomic mass is 16.5. The van der Waals surface area contributed by atoms with Crippen LogP contribution in [0.3, 0.4) is 0 Å². The second-order valence-corrected chi connectivity index (χ2v) is 8.68.